The summed E-state index contributed by atoms with van der Waals surface area (Å²) in [7, 11) is 1.34. The molecular weight excluding hydrogens is 428 g/mol. The van der Waals surface area contributed by atoms with Gasteiger partial charge in [-0.1, -0.05) is 54.6 Å². The number of anilines is 2. The molecule has 0 unspecified atom stereocenters. The Hall–Kier alpha value is -4.06. The van der Waals surface area contributed by atoms with Crippen LogP contribution in [0.25, 0.3) is 5.57 Å². The highest BCUT2D eigenvalue weighted by atomic mass is 16.6. The molecule has 0 radical (unpaired) electrons. The summed E-state index contributed by atoms with van der Waals surface area (Å²) < 4.78 is 10.4. The molecule has 0 aromatic heterocycles. The zero-order valence-electron chi connectivity index (χ0n) is 19.2. The summed E-state index contributed by atoms with van der Waals surface area (Å²) in [5, 5.41) is 1.80. The van der Waals surface area contributed by atoms with Gasteiger partial charge in [-0.15, -0.1) is 0 Å². The number of hydrogen-bond donors (Lipinski definition) is 1. The van der Waals surface area contributed by atoms with Crippen LogP contribution in [0.1, 0.15) is 30.4 Å². The normalized spacial score (nSPS) is 13.6. The number of fused-ring (bicyclic) bond motifs is 1. The molecule has 174 valence electrons. The SMILES string of the molecule is COC(=O)COc1cccc2c1CCC/C2=C\CC(=O)NN(c1ccccc1)c1ccccc1. The molecule has 1 N–H and O–H groups in total. The highest BCUT2D eigenvalue weighted by Crippen LogP contribution is 2.36. The molecule has 6 nitrogen and oxygen atoms in total. The van der Waals surface area contributed by atoms with Gasteiger partial charge in [-0.2, -0.15) is 0 Å². The number of methoxy groups -OCH3 is 1. The van der Waals surface area contributed by atoms with Crippen molar-refractivity contribution in [2.75, 3.05) is 18.7 Å². The molecule has 34 heavy (non-hydrogen) atoms. The number of nitrogens with one attached hydrogen (secondary N) is 1. The van der Waals surface area contributed by atoms with Crippen LogP contribution in [0.5, 0.6) is 5.75 Å². The van der Waals surface area contributed by atoms with Gasteiger partial charge < -0.3 is 9.47 Å². The van der Waals surface area contributed by atoms with Crippen LogP contribution < -0.4 is 15.2 Å². The minimum Gasteiger partial charge on any atom is -0.482 e. The Morgan fingerprint density at radius 1 is 0.912 bits per heavy atom. The Morgan fingerprint density at radius 2 is 1.59 bits per heavy atom. The van der Waals surface area contributed by atoms with E-state index in [1.165, 1.54) is 7.11 Å². The average Bonchev–Trinajstić information content (AvgIpc) is 2.90. The van der Waals surface area contributed by atoms with Gasteiger partial charge in [0.25, 0.3) is 0 Å². The van der Waals surface area contributed by atoms with Crippen molar-refractivity contribution in [2.24, 2.45) is 0 Å². The molecule has 0 aliphatic heterocycles. The number of allylic oxidation sites excluding steroid dienone is 1. The molecular formula is C28H28N2O4. The Bertz CT molecular complexity index is 1120. The summed E-state index contributed by atoms with van der Waals surface area (Å²) in [5.41, 5.74) is 8.06. The van der Waals surface area contributed by atoms with Crippen LogP contribution in [-0.4, -0.2) is 25.6 Å². The number of amides is 1. The van der Waals surface area contributed by atoms with E-state index in [0.717, 1.165) is 47.3 Å². The molecule has 0 heterocycles. The minimum atomic E-state index is -0.415. The lowest BCUT2D eigenvalue weighted by molar-refractivity contribution is -0.142. The molecule has 3 aromatic rings. The largest absolute Gasteiger partial charge is 0.482 e. The number of benzene rings is 3. The number of hydrazine groups is 1. The molecule has 1 aliphatic carbocycles. The maximum atomic E-state index is 13.0. The van der Waals surface area contributed by atoms with E-state index in [9.17, 15) is 9.59 Å². The molecule has 0 bridgehead atoms. The van der Waals surface area contributed by atoms with Crippen molar-refractivity contribution >= 4 is 28.8 Å². The van der Waals surface area contributed by atoms with Gasteiger partial charge in [0, 0.05) is 12.0 Å². The van der Waals surface area contributed by atoms with Crippen LogP contribution in [0.15, 0.2) is 84.9 Å². The van der Waals surface area contributed by atoms with Crippen molar-refractivity contribution in [1.82, 2.24) is 5.43 Å². The van der Waals surface area contributed by atoms with Gasteiger partial charge in [-0.3, -0.25) is 15.2 Å². The molecule has 0 fully saturated rings. The molecule has 1 amide bonds. The Balaban J connectivity index is 1.49. The first kappa shape index (κ1) is 23.1. The molecule has 6 heteroatoms. The molecule has 1 aliphatic rings. The third-order valence-electron chi connectivity index (χ3n) is 5.72. The molecule has 0 saturated heterocycles. The van der Waals surface area contributed by atoms with E-state index in [1.54, 1.807) is 5.01 Å². The zero-order chi connectivity index (χ0) is 23.8. The first-order chi connectivity index (χ1) is 16.7. The minimum absolute atomic E-state index is 0.106. The number of carbonyl (C=O) groups is 2. The second-order valence-corrected chi connectivity index (χ2v) is 7.98. The van der Waals surface area contributed by atoms with Gasteiger partial charge in [0.1, 0.15) is 5.75 Å². The molecule has 3 aromatic carbocycles. The maximum Gasteiger partial charge on any atom is 0.343 e. The summed E-state index contributed by atoms with van der Waals surface area (Å²) >= 11 is 0. The summed E-state index contributed by atoms with van der Waals surface area (Å²) in [6, 6.07) is 25.3. The van der Waals surface area contributed by atoms with Gasteiger partial charge in [0.05, 0.1) is 18.5 Å². The zero-order valence-corrected chi connectivity index (χ0v) is 19.2. The van der Waals surface area contributed by atoms with Crippen LogP contribution in [0.4, 0.5) is 11.4 Å². The van der Waals surface area contributed by atoms with Gasteiger partial charge in [0.15, 0.2) is 6.61 Å². The number of para-hydroxylation sites is 2. The smallest absolute Gasteiger partial charge is 0.343 e. The van der Waals surface area contributed by atoms with Gasteiger partial charge in [-0.25, -0.2) is 4.79 Å². The Kier molecular flexibility index (Phi) is 7.60. The van der Waals surface area contributed by atoms with Crippen molar-refractivity contribution in [3.8, 4) is 5.75 Å². The Morgan fingerprint density at radius 3 is 2.24 bits per heavy atom. The lowest BCUT2D eigenvalue weighted by Gasteiger charge is -2.25. The number of carbonyl (C=O) groups excluding carboxylic acids is 2. The highest BCUT2D eigenvalue weighted by Gasteiger charge is 2.19. The number of ether oxygens (including phenoxy) is 2. The molecule has 0 atom stereocenters. The first-order valence-electron chi connectivity index (χ1n) is 11.4. The predicted molar refractivity (Wildman–Crippen MR) is 133 cm³/mol. The quantitative estimate of drug-likeness (QED) is 0.372. The average molecular weight is 457 g/mol. The van der Waals surface area contributed by atoms with Crippen LogP contribution in [0.2, 0.25) is 0 Å². The third-order valence-corrected chi connectivity index (χ3v) is 5.72. The third kappa shape index (κ3) is 5.64. The number of nitrogens with zero attached hydrogens (tertiary/aromatic N) is 1. The van der Waals surface area contributed by atoms with Gasteiger partial charge >= 0.3 is 5.97 Å². The van der Waals surface area contributed by atoms with Gasteiger partial charge in [0.2, 0.25) is 5.91 Å². The van der Waals surface area contributed by atoms with Crippen molar-refractivity contribution in [1.29, 1.82) is 0 Å². The number of hydrogen-bond acceptors (Lipinski definition) is 5. The summed E-state index contributed by atoms with van der Waals surface area (Å²) in [4.78, 5) is 24.4. The predicted octanol–water partition coefficient (Wildman–Crippen LogP) is 5.22. The van der Waals surface area contributed by atoms with Gasteiger partial charge in [-0.05, 0) is 60.7 Å². The van der Waals surface area contributed by atoms with Crippen LogP contribution in [0, 0.1) is 0 Å². The monoisotopic (exact) mass is 456 g/mol. The second kappa shape index (κ2) is 11.2. The fourth-order valence-corrected chi connectivity index (χ4v) is 4.08. The van der Waals surface area contributed by atoms with Crippen molar-refractivity contribution < 1.29 is 19.1 Å². The van der Waals surface area contributed by atoms with Crippen molar-refractivity contribution in [3.63, 3.8) is 0 Å². The lowest BCUT2D eigenvalue weighted by atomic mass is 9.86. The lowest BCUT2D eigenvalue weighted by Crippen LogP contribution is -2.38. The van der Waals surface area contributed by atoms with E-state index in [2.05, 4.69) is 10.2 Å². The number of rotatable bonds is 8. The Labute approximate surface area is 199 Å². The van der Waals surface area contributed by atoms with Crippen LogP contribution in [-0.2, 0) is 20.7 Å². The molecule has 4 rings (SSSR count). The van der Waals surface area contributed by atoms with Crippen molar-refractivity contribution in [3.05, 3.63) is 96.1 Å². The number of esters is 1. The van der Waals surface area contributed by atoms with E-state index in [4.69, 9.17) is 4.74 Å². The first-order valence-corrected chi connectivity index (χ1v) is 11.4. The van der Waals surface area contributed by atoms with E-state index in [1.807, 2.05) is 84.9 Å². The van der Waals surface area contributed by atoms with E-state index in [0.29, 0.717) is 5.75 Å². The highest BCUT2D eigenvalue weighted by molar-refractivity contribution is 5.84. The molecule has 0 saturated carbocycles. The van der Waals surface area contributed by atoms with Crippen LogP contribution >= 0.6 is 0 Å². The second-order valence-electron chi connectivity index (χ2n) is 7.98. The maximum absolute atomic E-state index is 13.0. The van der Waals surface area contributed by atoms with E-state index in [-0.39, 0.29) is 18.9 Å². The summed E-state index contributed by atoms with van der Waals surface area (Å²) in [6.45, 7) is -0.122. The van der Waals surface area contributed by atoms with E-state index >= 15 is 0 Å². The standard InChI is InChI=1S/C28H28N2O4/c1-33-28(32)20-34-26-17-9-15-24-21(10-8-16-25(24)26)18-19-27(31)29-30(22-11-4-2-5-12-22)23-13-6-3-7-14-23/h2-7,9,11-15,17-18H,8,10,16,19-20H2,1H3,(H,29,31)/b21-18+. The topological polar surface area (TPSA) is 67.9 Å². The fourth-order valence-electron chi connectivity index (χ4n) is 4.08. The summed E-state index contributed by atoms with van der Waals surface area (Å²) in [5.74, 6) is 0.171. The molecule has 0 spiro atoms. The van der Waals surface area contributed by atoms with Crippen LogP contribution in [0.3, 0.4) is 0 Å². The van der Waals surface area contributed by atoms with E-state index < -0.39 is 5.97 Å². The fraction of sp³-hybridized carbons (Fsp3) is 0.214. The van der Waals surface area contributed by atoms with Crippen molar-refractivity contribution in [2.45, 2.75) is 25.7 Å². The summed E-state index contributed by atoms with van der Waals surface area (Å²) in [6.07, 6.45) is 4.96.